The molecule has 0 aliphatic heterocycles. The van der Waals surface area contributed by atoms with Gasteiger partial charge in [-0.25, -0.2) is 26.7 Å². The maximum Gasteiger partial charge on any atom is 0.311 e. The van der Waals surface area contributed by atoms with E-state index in [0.717, 1.165) is 0 Å². The molecule has 9 nitrogen and oxygen atoms in total. The highest BCUT2D eigenvalue weighted by Crippen LogP contribution is 2.29. The standard InChI is InChI=1S/C12H7F5N4O5S2/c13-5-6(14)8(16)10(9(17)7(5)15)26-4(23)2-1-3(22)19-11-20-21-12(27-11)28(18,24)25/h1-2H2,(H2,18,24,25)(H,19,20,22). The predicted octanol–water partition coefficient (Wildman–Crippen LogP) is 1.21. The molecule has 0 spiro atoms. The SMILES string of the molecule is NS(=O)(=O)c1nnc(NC(=O)CCC(=O)Oc2c(F)c(F)c(F)c(F)c2F)s1. The highest BCUT2D eigenvalue weighted by atomic mass is 32.2. The molecule has 0 radical (unpaired) electrons. The van der Waals surface area contributed by atoms with Crippen LogP contribution in [0.15, 0.2) is 4.34 Å². The number of sulfonamides is 1. The summed E-state index contributed by atoms with van der Waals surface area (Å²) in [6.45, 7) is 0. The van der Waals surface area contributed by atoms with E-state index >= 15 is 0 Å². The third-order valence-electron chi connectivity index (χ3n) is 2.84. The van der Waals surface area contributed by atoms with Crippen LogP contribution in [0.1, 0.15) is 12.8 Å². The average Bonchev–Trinajstić information content (AvgIpc) is 3.09. The van der Waals surface area contributed by atoms with E-state index in [-0.39, 0.29) is 5.13 Å². The smallest absolute Gasteiger partial charge is 0.311 e. The summed E-state index contributed by atoms with van der Waals surface area (Å²) in [5, 5.41) is 13.1. The van der Waals surface area contributed by atoms with Crippen molar-refractivity contribution < 1.29 is 44.7 Å². The third-order valence-corrected chi connectivity index (χ3v) is 4.99. The van der Waals surface area contributed by atoms with Gasteiger partial charge in [0.05, 0.1) is 6.42 Å². The van der Waals surface area contributed by atoms with E-state index < -0.39 is 73.9 Å². The highest BCUT2D eigenvalue weighted by molar-refractivity contribution is 7.91. The van der Waals surface area contributed by atoms with E-state index in [1.807, 2.05) is 0 Å². The summed E-state index contributed by atoms with van der Waals surface area (Å²) in [7, 11) is -4.14. The average molecular weight is 446 g/mol. The number of halogens is 5. The van der Waals surface area contributed by atoms with Crippen LogP contribution in [0.25, 0.3) is 0 Å². The number of nitrogens with two attached hydrogens (primary N) is 1. The number of ether oxygens (including phenoxy) is 1. The summed E-state index contributed by atoms with van der Waals surface area (Å²) >= 11 is 0.412. The largest absolute Gasteiger partial charge is 0.420 e. The Kier molecular flexibility index (Phi) is 6.25. The van der Waals surface area contributed by atoms with Gasteiger partial charge in [0, 0.05) is 6.42 Å². The minimum absolute atomic E-state index is 0.276. The van der Waals surface area contributed by atoms with E-state index in [0.29, 0.717) is 11.3 Å². The van der Waals surface area contributed by atoms with Gasteiger partial charge in [-0.05, 0) is 0 Å². The number of rotatable bonds is 6. The van der Waals surface area contributed by atoms with Crippen LogP contribution in [0.5, 0.6) is 5.75 Å². The van der Waals surface area contributed by atoms with Gasteiger partial charge in [-0.15, -0.1) is 10.2 Å². The number of benzene rings is 1. The number of primary sulfonamides is 1. The molecule has 16 heteroatoms. The molecule has 0 aliphatic rings. The number of amides is 1. The van der Waals surface area contributed by atoms with Crippen LogP contribution in [-0.4, -0.2) is 30.5 Å². The maximum absolute atomic E-state index is 13.4. The Bertz CT molecular complexity index is 1030. The molecule has 0 bridgehead atoms. The number of hydrogen-bond donors (Lipinski definition) is 2. The summed E-state index contributed by atoms with van der Waals surface area (Å²) in [5.41, 5.74) is 0. The minimum atomic E-state index is -4.14. The van der Waals surface area contributed by atoms with Gasteiger partial charge < -0.3 is 10.1 Å². The third kappa shape index (κ3) is 4.76. The Hall–Kier alpha value is -2.72. The van der Waals surface area contributed by atoms with Crippen molar-refractivity contribution in [3.8, 4) is 5.75 Å². The molecule has 0 atom stereocenters. The fourth-order valence-corrected chi connectivity index (χ4v) is 2.96. The monoisotopic (exact) mass is 446 g/mol. The number of carbonyl (C=O) groups excluding carboxylic acids is 2. The first-order valence-corrected chi connectivity index (χ1v) is 9.16. The molecule has 2 aromatic rings. The van der Waals surface area contributed by atoms with Crippen molar-refractivity contribution in [3.05, 3.63) is 29.1 Å². The summed E-state index contributed by atoms with van der Waals surface area (Å²) in [6.07, 6.45) is -1.47. The summed E-state index contributed by atoms with van der Waals surface area (Å²) in [5.74, 6) is -15.9. The number of esters is 1. The lowest BCUT2D eigenvalue weighted by Crippen LogP contribution is -2.17. The van der Waals surface area contributed by atoms with Gasteiger partial charge >= 0.3 is 5.97 Å². The molecule has 0 unspecified atom stereocenters. The number of aromatic nitrogens is 2. The van der Waals surface area contributed by atoms with Gasteiger partial charge in [-0.1, -0.05) is 11.3 Å². The molecular weight excluding hydrogens is 439 g/mol. The van der Waals surface area contributed by atoms with Crippen LogP contribution in [-0.2, 0) is 19.6 Å². The van der Waals surface area contributed by atoms with Gasteiger partial charge in [0.1, 0.15) is 0 Å². The molecule has 28 heavy (non-hydrogen) atoms. The summed E-state index contributed by atoms with van der Waals surface area (Å²) in [6, 6.07) is 0. The molecule has 0 fully saturated rings. The van der Waals surface area contributed by atoms with Crippen molar-refractivity contribution in [2.75, 3.05) is 5.32 Å². The molecule has 1 aromatic carbocycles. The van der Waals surface area contributed by atoms with Gasteiger partial charge in [-0.2, -0.15) is 8.78 Å². The lowest BCUT2D eigenvalue weighted by molar-refractivity contribution is -0.136. The molecule has 1 amide bonds. The number of nitrogens with zero attached hydrogens (tertiary/aromatic N) is 2. The Balaban J connectivity index is 1.98. The van der Waals surface area contributed by atoms with Crippen molar-refractivity contribution in [3.63, 3.8) is 0 Å². The fourth-order valence-electron chi connectivity index (χ4n) is 1.61. The van der Waals surface area contributed by atoms with Crippen LogP contribution >= 0.6 is 11.3 Å². The lowest BCUT2D eigenvalue weighted by Gasteiger charge is -2.08. The van der Waals surface area contributed by atoms with Crippen LogP contribution in [0.4, 0.5) is 27.1 Å². The fraction of sp³-hybridized carbons (Fsp3) is 0.167. The van der Waals surface area contributed by atoms with Crippen molar-refractivity contribution in [2.45, 2.75) is 17.2 Å². The van der Waals surface area contributed by atoms with Crippen molar-refractivity contribution in [1.82, 2.24) is 10.2 Å². The molecule has 1 aromatic heterocycles. The van der Waals surface area contributed by atoms with E-state index in [1.165, 1.54) is 0 Å². The van der Waals surface area contributed by atoms with Crippen LogP contribution < -0.4 is 15.2 Å². The molecule has 0 aliphatic carbocycles. The van der Waals surface area contributed by atoms with Crippen LogP contribution in [0.3, 0.4) is 0 Å². The first-order valence-electron chi connectivity index (χ1n) is 6.80. The Morgan fingerprint density at radius 1 is 0.964 bits per heavy atom. The van der Waals surface area contributed by atoms with E-state index in [4.69, 9.17) is 5.14 Å². The second-order valence-electron chi connectivity index (χ2n) is 4.84. The number of hydrogen-bond acceptors (Lipinski definition) is 8. The first kappa shape index (κ1) is 21.6. The second kappa shape index (κ2) is 8.11. The topological polar surface area (TPSA) is 141 Å². The normalized spacial score (nSPS) is 11.4. The summed E-state index contributed by atoms with van der Waals surface area (Å²) < 4.78 is 91.3. The molecule has 1 heterocycles. The maximum atomic E-state index is 13.4. The molecule has 0 saturated carbocycles. The number of carbonyl (C=O) groups is 2. The first-order chi connectivity index (χ1) is 12.9. The highest BCUT2D eigenvalue weighted by Gasteiger charge is 2.28. The molecule has 3 N–H and O–H groups in total. The zero-order valence-electron chi connectivity index (χ0n) is 13.1. The van der Waals surface area contributed by atoms with Crippen molar-refractivity contribution in [1.29, 1.82) is 0 Å². The number of anilines is 1. The minimum Gasteiger partial charge on any atom is -0.420 e. The molecule has 0 saturated heterocycles. The molecule has 2 rings (SSSR count). The van der Waals surface area contributed by atoms with Gasteiger partial charge in [0.15, 0.2) is 0 Å². The van der Waals surface area contributed by atoms with E-state index in [9.17, 15) is 40.0 Å². The lowest BCUT2D eigenvalue weighted by atomic mass is 10.2. The Morgan fingerprint density at radius 3 is 2.00 bits per heavy atom. The van der Waals surface area contributed by atoms with Crippen molar-refractivity contribution in [2.24, 2.45) is 5.14 Å². The summed E-state index contributed by atoms with van der Waals surface area (Å²) in [4.78, 5) is 23.2. The molecular formula is C12H7F5N4O5S2. The predicted molar refractivity (Wildman–Crippen MR) is 81.0 cm³/mol. The zero-order chi connectivity index (χ0) is 21.2. The van der Waals surface area contributed by atoms with Gasteiger partial charge in [0.2, 0.25) is 50.2 Å². The zero-order valence-corrected chi connectivity index (χ0v) is 14.8. The van der Waals surface area contributed by atoms with E-state index in [2.05, 4.69) is 20.3 Å². The van der Waals surface area contributed by atoms with Gasteiger partial charge in [-0.3, -0.25) is 9.59 Å². The quantitative estimate of drug-likeness (QED) is 0.170. The van der Waals surface area contributed by atoms with Crippen molar-refractivity contribution >= 4 is 38.4 Å². The Labute approximate surface area is 156 Å². The number of nitrogens with one attached hydrogen (secondary N) is 1. The van der Waals surface area contributed by atoms with E-state index in [1.54, 1.807) is 0 Å². The van der Waals surface area contributed by atoms with Crippen LogP contribution in [0, 0.1) is 29.1 Å². The molecule has 152 valence electrons. The second-order valence-corrected chi connectivity index (χ2v) is 7.55. The van der Waals surface area contributed by atoms with Gasteiger partial charge in [0.25, 0.3) is 10.0 Å². The van der Waals surface area contributed by atoms with Crippen LogP contribution in [0.2, 0.25) is 0 Å². The Morgan fingerprint density at radius 2 is 1.50 bits per heavy atom.